The third-order valence-corrected chi connectivity index (χ3v) is 0.329. The first-order valence-corrected chi connectivity index (χ1v) is 1.65. The van der Waals surface area contributed by atoms with E-state index >= 15 is 0 Å². The monoisotopic (exact) mass is 105 g/mol. The van der Waals surface area contributed by atoms with Gasteiger partial charge in [0.05, 0.1) is 6.42 Å². The highest BCUT2D eigenvalue weighted by Gasteiger charge is 1.95. The van der Waals surface area contributed by atoms with Gasteiger partial charge in [-0.3, -0.25) is 0 Å². The van der Waals surface area contributed by atoms with Gasteiger partial charge in [-0.2, -0.15) is 0 Å². The highest BCUT2D eigenvalue weighted by atomic mass is 19.3. The quantitative estimate of drug-likeness (QED) is 0.444. The van der Waals surface area contributed by atoms with Crippen molar-refractivity contribution < 1.29 is 13.9 Å². The van der Waals surface area contributed by atoms with Gasteiger partial charge in [0, 0.05) is 0 Å². The van der Waals surface area contributed by atoms with Gasteiger partial charge >= 0.3 is 0 Å². The van der Waals surface area contributed by atoms with E-state index in [-0.39, 0.29) is 0 Å². The fourth-order valence-corrected chi connectivity index (χ4v) is 0.119. The fraction of sp³-hybridized carbons (Fsp3) is 0.500. The molecule has 0 aromatic heterocycles. The molecule has 0 spiro atoms. The van der Waals surface area contributed by atoms with E-state index in [1.54, 1.807) is 5.92 Å². The molecule has 0 rings (SSSR count). The maximum atomic E-state index is 11.0. The Morgan fingerprint density at radius 3 is 2.29 bits per heavy atom. The highest BCUT2D eigenvalue weighted by Crippen LogP contribution is 1.94. The molecule has 0 bridgehead atoms. The Morgan fingerprint density at radius 2 is 2.14 bits per heavy atom. The van der Waals surface area contributed by atoms with Crippen molar-refractivity contribution in [2.45, 2.75) is 12.8 Å². The number of halogens is 2. The van der Waals surface area contributed by atoms with Crippen molar-refractivity contribution in [2.24, 2.45) is 0 Å². The smallest absolute Gasteiger partial charge is 0.224 e. The van der Waals surface area contributed by atoms with Crippen molar-refractivity contribution in [3.05, 3.63) is 0 Å². The number of hydrogen-bond donors (Lipinski definition) is 0. The average Bonchev–Trinajstić information content (AvgIpc) is 1.61. The maximum absolute atomic E-state index is 11.0. The minimum atomic E-state index is -2.47. The van der Waals surface area contributed by atoms with Gasteiger partial charge in [0.15, 0.2) is 6.11 Å². The molecule has 1 nitrogen and oxygen atoms in total. The van der Waals surface area contributed by atoms with Crippen LogP contribution in [0.3, 0.4) is 0 Å². The van der Waals surface area contributed by atoms with Crippen LogP contribution in [0.5, 0.6) is 0 Å². The lowest BCUT2D eigenvalue weighted by atomic mass is 10.5. The van der Waals surface area contributed by atoms with Gasteiger partial charge < -0.3 is 0 Å². The van der Waals surface area contributed by atoms with E-state index in [1.807, 2.05) is 0 Å². The van der Waals surface area contributed by atoms with E-state index in [9.17, 15) is 8.78 Å². The lowest BCUT2D eigenvalue weighted by Gasteiger charge is -1.81. The van der Waals surface area contributed by atoms with E-state index in [0.717, 1.165) is 6.11 Å². The fourth-order valence-electron chi connectivity index (χ4n) is 0.119. The summed E-state index contributed by atoms with van der Waals surface area (Å²) in [4.78, 5) is 0. The van der Waals surface area contributed by atoms with Crippen LogP contribution >= 0.6 is 0 Å². The molecule has 0 fully saturated rings. The van der Waals surface area contributed by atoms with Crippen LogP contribution in [0.15, 0.2) is 0 Å². The third-order valence-electron chi connectivity index (χ3n) is 0.329. The summed E-state index contributed by atoms with van der Waals surface area (Å²) in [6.45, 7) is 0. The van der Waals surface area contributed by atoms with Crippen molar-refractivity contribution in [1.82, 2.24) is 0 Å². The van der Waals surface area contributed by atoms with Crippen LogP contribution in [-0.2, 0) is 5.11 Å². The minimum absolute atomic E-state index is 0.608. The molecular weight excluding hydrogens is 102 g/mol. The number of hydrogen-bond acceptors (Lipinski definition) is 0. The van der Waals surface area contributed by atoms with Crippen LogP contribution in [0.25, 0.3) is 0 Å². The summed E-state index contributed by atoms with van der Waals surface area (Å²) in [5, 5.41) is 9.14. The zero-order valence-corrected chi connectivity index (χ0v) is 3.45. The summed E-state index contributed by atoms with van der Waals surface area (Å²) >= 11 is 0. The van der Waals surface area contributed by atoms with Gasteiger partial charge in [0.1, 0.15) is 0 Å². The van der Waals surface area contributed by atoms with Gasteiger partial charge in [0.25, 0.3) is 0 Å². The molecule has 0 atom stereocenters. The molecule has 0 unspecified atom stereocenters. The second-order valence-electron chi connectivity index (χ2n) is 0.874. The molecule has 0 saturated heterocycles. The largest absolute Gasteiger partial charge is 0.249 e. The predicted octanol–water partition coefficient (Wildman–Crippen LogP) is 1.03. The zero-order chi connectivity index (χ0) is 5.70. The van der Waals surface area contributed by atoms with Gasteiger partial charge in [-0.05, 0) is 5.92 Å². The summed E-state index contributed by atoms with van der Waals surface area (Å²) in [5.41, 5.74) is 0. The van der Waals surface area contributed by atoms with Crippen molar-refractivity contribution in [2.75, 3.05) is 0 Å². The van der Waals surface area contributed by atoms with Gasteiger partial charge in [0.2, 0.25) is 6.43 Å². The molecule has 0 heterocycles. The highest BCUT2D eigenvalue weighted by molar-refractivity contribution is 4.89. The molecule has 0 aliphatic rings. The second-order valence-corrected chi connectivity index (χ2v) is 0.874. The molecule has 0 N–H and O–H groups in total. The Bertz CT molecular complexity index is 89.6. The van der Waals surface area contributed by atoms with Crippen LogP contribution in [0.1, 0.15) is 6.42 Å². The Labute approximate surface area is 40.0 Å². The van der Waals surface area contributed by atoms with Gasteiger partial charge in [-0.15, -0.1) is 0 Å². The molecule has 1 radical (unpaired) electrons. The maximum Gasteiger partial charge on any atom is 0.249 e. The zero-order valence-electron chi connectivity index (χ0n) is 3.45. The van der Waals surface area contributed by atoms with Crippen molar-refractivity contribution >= 4 is 0 Å². The van der Waals surface area contributed by atoms with E-state index in [0.29, 0.717) is 0 Å². The van der Waals surface area contributed by atoms with Crippen LogP contribution in [0, 0.1) is 12.0 Å². The summed E-state index contributed by atoms with van der Waals surface area (Å²) in [6.07, 6.45) is -1.96. The molecule has 0 saturated carbocycles. The van der Waals surface area contributed by atoms with Gasteiger partial charge in [-0.25, -0.2) is 13.9 Å². The molecule has 0 aromatic carbocycles. The van der Waals surface area contributed by atoms with E-state index in [4.69, 9.17) is 5.11 Å². The molecular formula is C4H3F2O. The van der Waals surface area contributed by atoms with Crippen LogP contribution in [0.2, 0.25) is 0 Å². The Hall–Kier alpha value is -0.780. The van der Waals surface area contributed by atoms with Crippen LogP contribution in [-0.4, -0.2) is 6.43 Å². The van der Waals surface area contributed by atoms with Gasteiger partial charge in [-0.1, -0.05) is 0 Å². The first kappa shape index (κ1) is 6.22. The Morgan fingerprint density at radius 1 is 1.57 bits per heavy atom. The molecule has 0 aromatic rings. The predicted molar refractivity (Wildman–Crippen MR) is 19.1 cm³/mol. The van der Waals surface area contributed by atoms with Crippen LogP contribution < -0.4 is 0 Å². The third kappa shape index (κ3) is 5.22. The van der Waals surface area contributed by atoms with Crippen molar-refractivity contribution in [3.8, 4) is 12.0 Å². The topological polar surface area (TPSA) is 19.9 Å². The normalized spacial score (nSPS) is 7.86. The summed E-state index contributed by atoms with van der Waals surface area (Å²) < 4.78 is 22.0. The molecule has 0 aliphatic carbocycles. The number of alkyl halides is 2. The Kier molecular flexibility index (Phi) is 3.03. The summed E-state index contributed by atoms with van der Waals surface area (Å²) in [5.74, 6) is 1.69. The summed E-state index contributed by atoms with van der Waals surface area (Å²) in [6, 6.07) is 0. The molecule has 0 amide bonds. The lowest BCUT2D eigenvalue weighted by Crippen LogP contribution is -1.83. The molecule has 7 heavy (non-hydrogen) atoms. The first-order chi connectivity index (χ1) is 3.27. The second kappa shape index (κ2) is 3.41. The average molecular weight is 105 g/mol. The standard InChI is InChI=1S/C4H3F2O/c5-4(6)2-1-3-7/h4H,2H2. The molecule has 39 valence electrons. The molecule has 3 heteroatoms. The summed E-state index contributed by atoms with van der Waals surface area (Å²) in [7, 11) is 0. The van der Waals surface area contributed by atoms with Crippen LogP contribution in [0.4, 0.5) is 8.78 Å². The first-order valence-electron chi connectivity index (χ1n) is 1.65. The Balaban J connectivity index is 3.08. The minimum Gasteiger partial charge on any atom is -0.224 e. The lowest BCUT2D eigenvalue weighted by molar-refractivity contribution is 0.154. The SMILES string of the molecule is [O]C#CCC(F)F. The van der Waals surface area contributed by atoms with Crippen molar-refractivity contribution in [1.29, 1.82) is 0 Å². The van der Waals surface area contributed by atoms with E-state index in [2.05, 4.69) is 0 Å². The van der Waals surface area contributed by atoms with Crippen molar-refractivity contribution in [3.63, 3.8) is 0 Å². The molecule has 0 aliphatic heterocycles. The van der Waals surface area contributed by atoms with E-state index in [1.165, 1.54) is 0 Å². The number of rotatable bonds is 1. The van der Waals surface area contributed by atoms with E-state index < -0.39 is 12.8 Å².